The van der Waals surface area contributed by atoms with Crippen molar-refractivity contribution in [2.45, 2.75) is 39.4 Å². The van der Waals surface area contributed by atoms with Gasteiger partial charge < -0.3 is 15.0 Å². The normalized spacial score (nSPS) is 14.7. The van der Waals surface area contributed by atoms with Crippen molar-refractivity contribution in [3.63, 3.8) is 0 Å². The van der Waals surface area contributed by atoms with Crippen LogP contribution in [0.4, 0.5) is 10.7 Å². The van der Waals surface area contributed by atoms with Gasteiger partial charge in [-0.2, -0.15) is 0 Å². The molecule has 0 saturated carbocycles. The van der Waals surface area contributed by atoms with Gasteiger partial charge in [-0.1, -0.05) is 39.5 Å². The Morgan fingerprint density at radius 3 is 2.48 bits per heavy atom. The first kappa shape index (κ1) is 21.5. The van der Waals surface area contributed by atoms with Crippen LogP contribution in [0, 0.1) is 11.8 Å². The fraction of sp³-hybridized carbons (Fsp3) is 0.765. The summed E-state index contributed by atoms with van der Waals surface area (Å²) in [6.07, 6.45) is 0. The molecule has 1 aromatic rings. The van der Waals surface area contributed by atoms with Gasteiger partial charge in [-0.3, -0.25) is 14.7 Å². The molecule has 1 aromatic heterocycles. The number of hydrogen-bond donors (Lipinski definition) is 2. The smallest absolute Gasteiger partial charge is 0.321 e. The number of morpholine rings is 1. The highest BCUT2D eigenvalue weighted by atomic mass is 32.2. The van der Waals surface area contributed by atoms with Crippen LogP contribution in [0.2, 0.25) is 0 Å². The van der Waals surface area contributed by atoms with E-state index >= 15 is 0 Å². The van der Waals surface area contributed by atoms with Gasteiger partial charge in [-0.25, -0.2) is 4.79 Å². The van der Waals surface area contributed by atoms with Crippen LogP contribution in [0.1, 0.15) is 27.7 Å². The zero-order valence-corrected chi connectivity index (χ0v) is 17.3. The Morgan fingerprint density at radius 1 is 1.15 bits per heavy atom. The zero-order valence-electron chi connectivity index (χ0n) is 16.5. The summed E-state index contributed by atoms with van der Waals surface area (Å²) in [7, 11) is 0. The van der Waals surface area contributed by atoms with E-state index in [9.17, 15) is 9.59 Å². The lowest BCUT2D eigenvalue weighted by atomic mass is 10.2. The number of carbonyl (C=O) groups excluding carboxylic acids is 2. The molecule has 1 fully saturated rings. The van der Waals surface area contributed by atoms with E-state index in [0.717, 1.165) is 25.6 Å². The molecule has 2 heterocycles. The highest BCUT2D eigenvalue weighted by Gasteiger charge is 2.22. The van der Waals surface area contributed by atoms with Crippen LogP contribution in [0.5, 0.6) is 0 Å². The molecule has 1 aliphatic heterocycles. The third kappa shape index (κ3) is 7.02. The molecule has 0 aromatic carbocycles. The number of hydrogen-bond acceptors (Lipinski definition) is 7. The number of nitrogens with one attached hydrogen (secondary N) is 2. The Labute approximate surface area is 164 Å². The second-order valence-corrected chi connectivity index (χ2v) is 8.27. The monoisotopic (exact) mass is 398 g/mol. The minimum Gasteiger partial charge on any atom is -0.378 e. The number of thioether (sulfide) groups is 1. The Hall–Kier alpha value is -1.81. The van der Waals surface area contributed by atoms with Crippen molar-refractivity contribution in [3.8, 4) is 0 Å². The van der Waals surface area contributed by atoms with Crippen molar-refractivity contribution in [3.05, 3.63) is 0 Å². The van der Waals surface area contributed by atoms with Crippen molar-refractivity contribution in [1.82, 2.24) is 25.4 Å². The van der Waals surface area contributed by atoms with Crippen molar-refractivity contribution in [2.24, 2.45) is 11.8 Å². The standard InChI is InChI=1S/C17H30N6O3S/c1-12(2)9-18-15(25)19-14(24)11-27-17-21-20-16(23(17)10-13(3)4)22-5-7-26-8-6-22/h12-13H,5-11H2,1-4H3,(H2,18,19,24,25). The Morgan fingerprint density at radius 2 is 1.85 bits per heavy atom. The van der Waals surface area contributed by atoms with Gasteiger partial charge in [0.15, 0.2) is 5.16 Å². The summed E-state index contributed by atoms with van der Waals surface area (Å²) in [5, 5.41) is 14.3. The van der Waals surface area contributed by atoms with E-state index < -0.39 is 6.03 Å². The summed E-state index contributed by atoms with van der Waals surface area (Å²) < 4.78 is 7.45. The van der Waals surface area contributed by atoms with E-state index in [4.69, 9.17) is 4.74 Å². The summed E-state index contributed by atoms with van der Waals surface area (Å²) in [5.74, 6) is 1.30. The molecule has 0 unspecified atom stereocenters. The first-order valence-corrected chi connectivity index (χ1v) is 10.3. The quantitative estimate of drug-likeness (QED) is 0.637. The van der Waals surface area contributed by atoms with E-state index in [-0.39, 0.29) is 11.7 Å². The minimum atomic E-state index is -0.466. The number of urea groups is 1. The Kier molecular flexibility index (Phi) is 8.36. The summed E-state index contributed by atoms with van der Waals surface area (Å²) in [6.45, 7) is 12.4. The number of anilines is 1. The van der Waals surface area contributed by atoms with Crippen LogP contribution in [-0.4, -0.2) is 65.3 Å². The van der Waals surface area contributed by atoms with E-state index in [1.54, 1.807) is 0 Å². The lowest BCUT2D eigenvalue weighted by Crippen LogP contribution is -2.41. The van der Waals surface area contributed by atoms with Crippen molar-refractivity contribution >= 4 is 29.6 Å². The lowest BCUT2D eigenvalue weighted by molar-refractivity contribution is -0.117. The Balaban J connectivity index is 1.95. The molecule has 10 heteroatoms. The van der Waals surface area contributed by atoms with Gasteiger partial charge in [-0.05, 0) is 11.8 Å². The highest BCUT2D eigenvalue weighted by molar-refractivity contribution is 7.99. The number of ether oxygens (including phenoxy) is 1. The average Bonchev–Trinajstić information content (AvgIpc) is 3.01. The number of rotatable bonds is 8. The molecule has 3 amide bonds. The second kappa shape index (κ2) is 10.5. The van der Waals surface area contributed by atoms with Crippen LogP contribution >= 0.6 is 11.8 Å². The van der Waals surface area contributed by atoms with Gasteiger partial charge in [-0.15, -0.1) is 10.2 Å². The molecular weight excluding hydrogens is 368 g/mol. The molecule has 27 heavy (non-hydrogen) atoms. The largest absolute Gasteiger partial charge is 0.378 e. The molecule has 0 spiro atoms. The summed E-state index contributed by atoms with van der Waals surface area (Å²) in [4.78, 5) is 25.9. The zero-order chi connectivity index (χ0) is 19.8. The van der Waals surface area contributed by atoms with Crippen LogP contribution in [0.25, 0.3) is 0 Å². The third-order valence-electron chi connectivity index (χ3n) is 3.80. The fourth-order valence-electron chi connectivity index (χ4n) is 2.54. The molecule has 0 radical (unpaired) electrons. The van der Waals surface area contributed by atoms with Gasteiger partial charge in [0.05, 0.1) is 19.0 Å². The van der Waals surface area contributed by atoms with Gasteiger partial charge in [0.2, 0.25) is 11.9 Å². The molecule has 0 aliphatic carbocycles. The highest BCUT2D eigenvalue weighted by Crippen LogP contribution is 2.24. The van der Waals surface area contributed by atoms with E-state index in [2.05, 4.69) is 39.6 Å². The molecule has 2 N–H and O–H groups in total. The molecule has 2 rings (SSSR count). The molecular formula is C17H30N6O3S. The van der Waals surface area contributed by atoms with Gasteiger partial charge in [0, 0.05) is 26.2 Å². The number of carbonyl (C=O) groups is 2. The van der Waals surface area contributed by atoms with Gasteiger partial charge >= 0.3 is 6.03 Å². The molecule has 152 valence electrons. The maximum Gasteiger partial charge on any atom is 0.321 e. The van der Waals surface area contributed by atoms with Crippen LogP contribution < -0.4 is 15.5 Å². The number of amides is 3. The van der Waals surface area contributed by atoms with Crippen LogP contribution in [-0.2, 0) is 16.1 Å². The molecule has 0 atom stereocenters. The van der Waals surface area contributed by atoms with Crippen molar-refractivity contribution < 1.29 is 14.3 Å². The van der Waals surface area contributed by atoms with Crippen molar-refractivity contribution in [1.29, 1.82) is 0 Å². The topological polar surface area (TPSA) is 101 Å². The molecule has 9 nitrogen and oxygen atoms in total. The molecule has 0 bridgehead atoms. The molecule has 1 aliphatic rings. The number of nitrogens with zero attached hydrogens (tertiary/aromatic N) is 4. The minimum absolute atomic E-state index is 0.106. The maximum atomic E-state index is 12.0. The average molecular weight is 399 g/mol. The maximum absolute atomic E-state index is 12.0. The number of aromatic nitrogens is 3. The van der Waals surface area contributed by atoms with Crippen LogP contribution in [0.15, 0.2) is 5.16 Å². The lowest BCUT2D eigenvalue weighted by Gasteiger charge is -2.28. The first-order valence-electron chi connectivity index (χ1n) is 9.33. The summed E-state index contributed by atoms with van der Waals surface area (Å²) in [6, 6.07) is -0.466. The summed E-state index contributed by atoms with van der Waals surface area (Å²) >= 11 is 1.29. The van der Waals surface area contributed by atoms with E-state index in [1.807, 2.05) is 18.4 Å². The van der Waals surface area contributed by atoms with Gasteiger partial charge in [0.25, 0.3) is 0 Å². The van der Waals surface area contributed by atoms with Crippen molar-refractivity contribution in [2.75, 3.05) is 43.5 Å². The Bertz CT molecular complexity index is 628. The predicted octanol–water partition coefficient (Wildman–Crippen LogP) is 1.34. The summed E-state index contributed by atoms with van der Waals surface area (Å²) in [5.41, 5.74) is 0. The number of imide groups is 1. The van der Waals surface area contributed by atoms with Gasteiger partial charge in [0.1, 0.15) is 0 Å². The van der Waals surface area contributed by atoms with E-state index in [1.165, 1.54) is 11.8 Å². The third-order valence-corrected chi connectivity index (χ3v) is 4.76. The SMILES string of the molecule is CC(C)CNC(=O)NC(=O)CSc1nnc(N2CCOCC2)n1CC(C)C. The van der Waals surface area contributed by atoms with Crippen LogP contribution in [0.3, 0.4) is 0 Å². The van der Waals surface area contributed by atoms with E-state index in [0.29, 0.717) is 36.8 Å². The first-order chi connectivity index (χ1) is 12.9. The second-order valence-electron chi connectivity index (χ2n) is 7.33. The predicted molar refractivity (Wildman–Crippen MR) is 105 cm³/mol. The molecule has 1 saturated heterocycles. The fourth-order valence-corrected chi connectivity index (χ4v) is 3.29.